The fourth-order valence-electron chi connectivity index (χ4n) is 3.70. The normalized spacial score (nSPS) is 18.8. The van der Waals surface area contributed by atoms with Crippen LogP contribution in [0.2, 0.25) is 0 Å². The second-order valence-electron chi connectivity index (χ2n) is 7.60. The average Bonchev–Trinajstić information content (AvgIpc) is 3.59. The zero-order chi connectivity index (χ0) is 23.7. The van der Waals surface area contributed by atoms with Crippen LogP contribution in [0.3, 0.4) is 0 Å². The highest BCUT2D eigenvalue weighted by Gasteiger charge is 2.37. The smallest absolute Gasteiger partial charge is 0.379 e. The molecule has 174 valence electrons. The number of carbonyl (C=O) groups is 2. The molecule has 0 saturated carbocycles. The highest BCUT2D eigenvalue weighted by atomic mass is 32.2. The van der Waals surface area contributed by atoms with Crippen LogP contribution in [0, 0.1) is 5.41 Å². The Morgan fingerprint density at radius 3 is 2.79 bits per heavy atom. The number of fused-ring (bicyclic) bond motifs is 1. The van der Waals surface area contributed by atoms with Crippen molar-refractivity contribution in [3.63, 3.8) is 0 Å². The van der Waals surface area contributed by atoms with Crippen LogP contribution in [0.4, 0.5) is 0 Å². The van der Waals surface area contributed by atoms with E-state index in [0.29, 0.717) is 23.1 Å². The molecule has 1 amide bonds. The Balaban J connectivity index is 1.40. The van der Waals surface area contributed by atoms with Crippen molar-refractivity contribution in [1.29, 1.82) is 5.41 Å². The topological polar surface area (TPSA) is 121 Å². The number of nitrogens with zero attached hydrogens (tertiary/aromatic N) is 4. The number of hydrogen-bond donors (Lipinski definition) is 1. The van der Waals surface area contributed by atoms with E-state index in [9.17, 15) is 9.59 Å². The standard InChI is InChI=1S/C23H21N5O5S/c1-2-31-18-13-14(7-8-16(18)33-21(30)17-6-5-11-32-17)12-15-19(24)28-22(25-20(15)29)34-23(26-28)27-9-3-4-10-27/h5-8,11-13,24H,2-4,9-10H2,1H3/b15-12-,24-19?. The molecule has 0 aliphatic carbocycles. The van der Waals surface area contributed by atoms with E-state index in [0.717, 1.165) is 31.1 Å². The summed E-state index contributed by atoms with van der Waals surface area (Å²) in [5.74, 6) is -0.591. The Morgan fingerprint density at radius 1 is 1.24 bits per heavy atom. The van der Waals surface area contributed by atoms with Gasteiger partial charge in [-0.25, -0.2) is 4.79 Å². The lowest BCUT2D eigenvalue weighted by molar-refractivity contribution is -0.114. The van der Waals surface area contributed by atoms with Gasteiger partial charge in [0.2, 0.25) is 10.9 Å². The quantitative estimate of drug-likeness (QED) is 0.393. The van der Waals surface area contributed by atoms with Crippen molar-refractivity contribution >= 4 is 45.9 Å². The van der Waals surface area contributed by atoms with E-state index >= 15 is 0 Å². The van der Waals surface area contributed by atoms with E-state index in [-0.39, 0.29) is 22.9 Å². The molecular weight excluding hydrogens is 458 g/mol. The van der Waals surface area contributed by atoms with Gasteiger partial charge in [-0.05, 0) is 67.4 Å². The molecule has 5 rings (SSSR count). The second-order valence-corrected chi connectivity index (χ2v) is 8.54. The van der Waals surface area contributed by atoms with Crippen molar-refractivity contribution < 1.29 is 23.5 Å². The fourth-order valence-corrected chi connectivity index (χ4v) is 4.64. The molecular formula is C23H21N5O5S. The lowest BCUT2D eigenvalue weighted by Crippen LogP contribution is -2.35. The van der Waals surface area contributed by atoms with Crippen LogP contribution in [0.1, 0.15) is 35.9 Å². The van der Waals surface area contributed by atoms with Gasteiger partial charge in [-0.2, -0.15) is 10.0 Å². The van der Waals surface area contributed by atoms with Gasteiger partial charge in [-0.3, -0.25) is 10.2 Å². The number of carbonyl (C=O) groups excluding carboxylic acids is 2. The molecule has 4 heterocycles. The second kappa shape index (κ2) is 9.18. The van der Waals surface area contributed by atoms with Crippen LogP contribution in [0.15, 0.2) is 56.7 Å². The molecule has 10 nitrogen and oxygen atoms in total. The Kier molecular flexibility index (Phi) is 5.93. The van der Waals surface area contributed by atoms with Crippen LogP contribution < -0.4 is 9.47 Å². The van der Waals surface area contributed by atoms with Crippen molar-refractivity contribution in [1.82, 2.24) is 9.91 Å². The Morgan fingerprint density at radius 2 is 2.06 bits per heavy atom. The number of furan rings is 1. The number of benzene rings is 1. The summed E-state index contributed by atoms with van der Waals surface area (Å²) >= 11 is 1.31. The van der Waals surface area contributed by atoms with Crippen LogP contribution in [0.5, 0.6) is 11.5 Å². The first kappa shape index (κ1) is 22.0. The first-order valence-corrected chi connectivity index (χ1v) is 11.6. The van der Waals surface area contributed by atoms with Gasteiger partial charge in [-0.15, -0.1) is 5.10 Å². The molecule has 0 radical (unpaired) electrons. The number of amidine groups is 3. The summed E-state index contributed by atoms with van der Waals surface area (Å²) in [6, 6.07) is 7.97. The highest BCUT2D eigenvalue weighted by molar-refractivity contribution is 8.26. The zero-order valence-electron chi connectivity index (χ0n) is 18.3. The Bertz CT molecular complexity index is 1240. The molecule has 3 aliphatic rings. The van der Waals surface area contributed by atoms with Crippen molar-refractivity contribution in [2.24, 2.45) is 10.1 Å². The van der Waals surface area contributed by atoms with Gasteiger partial charge in [0.25, 0.3) is 5.91 Å². The summed E-state index contributed by atoms with van der Waals surface area (Å²) < 4.78 is 16.1. The minimum absolute atomic E-state index is 0.0389. The molecule has 1 saturated heterocycles. The third-order valence-electron chi connectivity index (χ3n) is 5.32. The summed E-state index contributed by atoms with van der Waals surface area (Å²) in [6.07, 6.45) is 5.14. The molecule has 11 heteroatoms. The van der Waals surface area contributed by atoms with Crippen LogP contribution >= 0.6 is 11.8 Å². The molecule has 2 aromatic rings. The molecule has 0 atom stereocenters. The van der Waals surface area contributed by atoms with E-state index in [4.69, 9.17) is 19.3 Å². The van der Waals surface area contributed by atoms with E-state index < -0.39 is 11.9 Å². The number of aliphatic imine (C=N–C) groups is 1. The van der Waals surface area contributed by atoms with Crippen LogP contribution in [-0.2, 0) is 4.79 Å². The number of ether oxygens (including phenoxy) is 2. The summed E-state index contributed by atoms with van der Waals surface area (Å²) in [4.78, 5) is 31.3. The predicted octanol–water partition coefficient (Wildman–Crippen LogP) is 3.57. The van der Waals surface area contributed by atoms with Crippen molar-refractivity contribution in [2.45, 2.75) is 19.8 Å². The molecule has 3 aliphatic heterocycles. The lowest BCUT2D eigenvalue weighted by atomic mass is 10.1. The predicted molar refractivity (Wildman–Crippen MR) is 127 cm³/mol. The fraction of sp³-hybridized carbons (Fsp3) is 0.261. The monoisotopic (exact) mass is 479 g/mol. The van der Waals surface area contributed by atoms with Gasteiger partial charge in [0.05, 0.1) is 18.4 Å². The number of likely N-dealkylation sites (tertiary alicyclic amines) is 1. The number of amides is 1. The average molecular weight is 480 g/mol. The first-order valence-electron chi connectivity index (χ1n) is 10.8. The molecule has 1 fully saturated rings. The minimum atomic E-state index is -0.652. The van der Waals surface area contributed by atoms with Gasteiger partial charge in [0, 0.05) is 13.1 Å². The van der Waals surface area contributed by atoms with E-state index in [1.807, 2.05) is 0 Å². The molecule has 1 N–H and O–H groups in total. The van der Waals surface area contributed by atoms with Crippen LogP contribution in [0.25, 0.3) is 6.08 Å². The van der Waals surface area contributed by atoms with Crippen molar-refractivity contribution in [2.75, 3.05) is 19.7 Å². The van der Waals surface area contributed by atoms with Crippen molar-refractivity contribution in [3.8, 4) is 11.5 Å². The SMILES string of the molecule is CCOc1cc(/C=C2/C(=N)N3N=C(N4CCCC4)SC3=NC2=O)ccc1OC(=O)c1ccco1. The molecule has 34 heavy (non-hydrogen) atoms. The van der Waals surface area contributed by atoms with E-state index in [1.165, 1.54) is 29.1 Å². The number of hydrogen-bond acceptors (Lipinski definition) is 9. The summed E-state index contributed by atoms with van der Waals surface area (Å²) in [7, 11) is 0. The highest BCUT2D eigenvalue weighted by Crippen LogP contribution is 2.33. The van der Waals surface area contributed by atoms with Gasteiger partial charge >= 0.3 is 5.97 Å². The Hall–Kier alpha value is -3.86. The van der Waals surface area contributed by atoms with Crippen LogP contribution in [-0.4, -0.2) is 57.7 Å². The number of thioether (sulfide) groups is 1. The lowest BCUT2D eigenvalue weighted by Gasteiger charge is -2.20. The molecule has 0 bridgehead atoms. The van der Waals surface area contributed by atoms with Gasteiger partial charge < -0.3 is 18.8 Å². The van der Waals surface area contributed by atoms with Gasteiger partial charge in [-0.1, -0.05) is 6.07 Å². The maximum atomic E-state index is 12.7. The third-order valence-corrected chi connectivity index (χ3v) is 6.29. The first-order chi connectivity index (χ1) is 16.5. The number of esters is 1. The zero-order valence-corrected chi connectivity index (χ0v) is 19.1. The molecule has 0 spiro atoms. The third kappa shape index (κ3) is 4.21. The molecule has 0 unspecified atom stereocenters. The summed E-state index contributed by atoms with van der Waals surface area (Å²) in [6.45, 7) is 3.97. The maximum absolute atomic E-state index is 12.7. The van der Waals surface area contributed by atoms with Gasteiger partial charge in [0.15, 0.2) is 22.5 Å². The largest absolute Gasteiger partial charge is 0.490 e. The summed E-state index contributed by atoms with van der Waals surface area (Å²) in [5, 5.41) is 15.6. The van der Waals surface area contributed by atoms with E-state index in [2.05, 4.69) is 15.0 Å². The van der Waals surface area contributed by atoms with Gasteiger partial charge in [0.1, 0.15) is 0 Å². The maximum Gasteiger partial charge on any atom is 0.379 e. The minimum Gasteiger partial charge on any atom is -0.490 e. The Labute approximate surface area is 199 Å². The number of hydrazone groups is 1. The van der Waals surface area contributed by atoms with Crippen molar-refractivity contribution in [3.05, 3.63) is 53.5 Å². The van der Waals surface area contributed by atoms with E-state index in [1.54, 1.807) is 37.3 Å². The number of nitrogens with one attached hydrogen (secondary N) is 1. The number of rotatable bonds is 5. The summed E-state index contributed by atoms with van der Waals surface area (Å²) in [5.41, 5.74) is 0.696. The molecule has 1 aromatic heterocycles. The molecule has 1 aromatic carbocycles.